The number of nitrogens with zero attached hydrogens (tertiary/aromatic N) is 2. The number of carbonyl (C=O) groups excluding carboxylic acids is 2. The molecule has 3 N–H and O–H groups in total. The van der Waals surface area contributed by atoms with E-state index >= 15 is 0 Å². The van der Waals surface area contributed by atoms with Crippen LogP contribution in [0.15, 0.2) is 18.2 Å². The van der Waals surface area contributed by atoms with E-state index in [1.54, 1.807) is 0 Å². The summed E-state index contributed by atoms with van der Waals surface area (Å²) < 4.78 is 0. The van der Waals surface area contributed by atoms with Gasteiger partial charge in [-0.25, -0.2) is 0 Å². The molecule has 0 unspecified atom stereocenters. The Labute approximate surface area is 157 Å². The third-order valence-corrected chi connectivity index (χ3v) is 3.88. The number of hydrogen-bond acceptors (Lipinski definition) is 5. The Morgan fingerprint density at radius 2 is 2.00 bits per heavy atom. The van der Waals surface area contributed by atoms with Gasteiger partial charge in [-0.05, 0) is 17.5 Å². The van der Waals surface area contributed by atoms with E-state index in [2.05, 4.69) is 5.32 Å². The fourth-order valence-corrected chi connectivity index (χ4v) is 2.04. The van der Waals surface area contributed by atoms with E-state index in [0.29, 0.717) is 10.6 Å². The first kappa shape index (κ1) is 23.1. The molecule has 0 aliphatic rings. The van der Waals surface area contributed by atoms with Crippen molar-refractivity contribution in [1.29, 1.82) is 0 Å². The van der Waals surface area contributed by atoms with Crippen molar-refractivity contribution in [2.45, 2.75) is 26.4 Å². The molecule has 0 bridgehead atoms. The van der Waals surface area contributed by atoms with Crippen molar-refractivity contribution in [1.82, 2.24) is 10.2 Å². The molecule has 0 aliphatic heterocycles. The summed E-state index contributed by atoms with van der Waals surface area (Å²) in [6, 6.07) is 3.34. The molecule has 2 amide bonds. The zero-order valence-electron chi connectivity index (χ0n) is 14.2. The fraction of sp³-hybridized carbons (Fsp3) is 0.467. The van der Waals surface area contributed by atoms with E-state index < -0.39 is 16.9 Å². The van der Waals surface area contributed by atoms with E-state index in [-0.39, 0.29) is 43.0 Å². The Morgan fingerprint density at radius 3 is 2.52 bits per heavy atom. The summed E-state index contributed by atoms with van der Waals surface area (Å²) in [4.78, 5) is 35.4. The Bertz CT molecular complexity index is 640. The smallest absolute Gasteiger partial charge is 0.269 e. The van der Waals surface area contributed by atoms with Gasteiger partial charge >= 0.3 is 0 Å². The van der Waals surface area contributed by atoms with Gasteiger partial charge in [-0.3, -0.25) is 19.7 Å². The van der Waals surface area contributed by atoms with Gasteiger partial charge in [-0.15, -0.1) is 12.4 Å². The monoisotopic (exact) mass is 392 g/mol. The highest BCUT2D eigenvalue weighted by atomic mass is 35.5. The summed E-state index contributed by atoms with van der Waals surface area (Å²) in [6.45, 7) is 3.50. The van der Waals surface area contributed by atoms with Crippen molar-refractivity contribution in [2.75, 3.05) is 13.6 Å². The third-order valence-electron chi connectivity index (χ3n) is 3.51. The van der Waals surface area contributed by atoms with Crippen LogP contribution in [0.1, 0.15) is 19.4 Å². The molecule has 0 spiro atoms. The lowest BCUT2D eigenvalue weighted by Gasteiger charge is -2.20. The predicted molar refractivity (Wildman–Crippen MR) is 97.7 cm³/mol. The minimum absolute atomic E-state index is 0. The molecular formula is C15H22Cl2N4O4. The van der Waals surface area contributed by atoms with Crippen LogP contribution in [0.5, 0.6) is 0 Å². The molecule has 0 heterocycles. The minimum atomic E-state index is -0.686. The van der Waals surface area contributed by atoms with Gasteiger partial charge in [0.2, 0.25) is 11.8 Å². The number of nitro groups is 1. The Morgan fingerprint density at radius 1 is 1.40 bits per heavy atom. The number of rotatable bonds is 7. The van der Waals surface area contributed by atoms with Crippen molar-refractivity contribution in [3.05, 3.63) is 38.9 Å². The normalized spacial score (nSPS) is 11.4. The summed E-state index contributed by atoms with van der Waals surface area (Å²) >= 11 is 6.01. The van der Waals surface area contributed by atoms with E-state index in [0.717, 1.165) is 0 Å². The van der Waals surface area contributed by atoms with Gasteiger partial charge in [-0.1, -0.05) is 25.4 Å². The number of non-ortho nitro benzene ring substituents is 1. The van der Waals surface area contributed by atoms with Gasteiger partial charge in [0.15, 0.2) is 0 Å². The highest BCUT2D eigenvalue weighted by molar-refractivity contribution is 6.31. The predicted octanol–water partition coefficient (Wildman–Crippen LogP) is 1.73. The second kappa shape index (κ2) is 10.2. The van der Waals surface area contributed by atoms with Crippen LogP contribution in [-0.4, -0.2) is 41.3 Å². The lowest BCUT2D eigenvalue weighted by molar-refractivity contribution is -0.384. The van der Waals surface area contributed by atoms with Crippen LogP contribution in [0.25, 0.3) is 0 Å². The maximum Gasteiger partial charge on any atom is 0.269 e. The van der Waals surface area contributed by atoms with E-state index in [4.69, 9.17) is 17.3 Å². The molecule has 0 radical (unpaired) electrons. The highest BCUT2D eigenvalue weighted by Gasteiger charge is 2.19. The van der Waals surface area contributed by atoms with Crippen LogP contribution in [0, 0.1) is 16.0 Å². The molecule has 8 nitrogen and oxygen atoms in total. The Hall–Kier alpha value is -1.90. The average Bonchev–Trinajstić information content (AvgIpc) is 2.52. The van der Waals surface area contributed by atoms with Gasteiger partial charge in [-0.2, -0.15) is 0 Å². The number of nitrogens with two attached hydrogens (primary N) is 1. The van der Waals surface area contributed by atoms with Crippen LogP contribution in [0.2, 0.25) is 5.02 Å². The first-order chi connectivity index (χ1) is 11.1. The number of amides is 2. The molecule has 0 saturated carbocycles. The molecule has 0 aliphatic carbocycles. The van der Waals surface area contributed by atoms with Gasteiger partial charge in [0.1, 0.15) is 0 Å². The quantitative estimate of drug-likeness (QED) is 0.540. The van der Waals surface area contributed by atoms with Crippen LogP contribution in [0.4, 0.5) is 5.69 Å². The molecule has 0 fully saturated rings. The maximum absolute atomic E-state index is 12.1. The largest absolute Gasteiger partial charge is 0.346 e. The van der Waals surface area contributed by atoms with Crippen molar-refractivity contribution in [3.63, 3.8) is 0 Å². The lowest BCUT2D eigenvalue weighted by Crippen LogP contribution is -2.47. The minimum Gasteiger partial charge on any atom is -0.346 e. The first-order valence-electron chi connectivity index (χ1n) is 7.33. The summed E-state index contributed by atoms with van der Waals surface area (Å²) in [6.07, 6.45) is 0. The zero-order valence-corrected chi connectivity index (χ0v) is 15.8. The number of hydrogen-bond donors (Lipinski definition) is 2. The van der Waals surface area contributed by atoms with Crippen molar-refractivity contribution < 1.29 is 14.5 Å². The third kappa shape index (κ3) is 6.85. The van der Waals surface area contributed by atoms with Gasteiger partial charge < -0.3 is 16.0 Å². The van der Waals surface area contributed by atoms with Crippen LogP contribution < -0.4 is 11.1 Å². The van der Waals surface area contributed by atoms with E-state index in [1.165, 1.54) is 30.1 Å². The molecular weight excluding hydrogens is 371 g/mol. The number of benzene rings is 1. The molecule has 1 aromatic rings. The molecule has 140 valence electrons. The number of likely N-dealkylation sites (N-methyl/N-ethyl adjacent to an activating group) is 1. The van der Waals surface area contributed by atoms with E-state index in [9.17, 15) is 19.7 Å². The molecule has 1 aromatic carbocycles. The standard InChI is InChI=1S/C15H21ClN4O4.ClH/c1-9(2)14(17)15(22)18-7-13(21)19(3)8-10-6-11(20(23)24)4-5-12(10)16;/h4-6,9,14H,7-8,17H2,1-3H3,(H,18,22);1H/t14-;/m0./s1. The molecule has 1 atom stereocenters. The summed E-state index contributed by atoms with van der Waals surface area (Å²) in [5.41, 5.74) is 6.04. The topological polar surface area (TPSA) is 119 Å². The van der Waals surface area contributed by atoms with Crippen LogP contribution in [-0.2, 0) is 16.1 Å². The van der Waals surface area contributed by atoms with Crippen molar-refractivity contribution >= 4 is 41.5 Å². The van der Waals surface area contributed by atoms with Gasteiger partial charge in [0.05, 0.1) is 17.5 Å². The molecule has 0 saturated heterocycles. The number of carbonyl (C=O) groups is 2. The van der Waals surface area contributed by atoms with Crippen LogP contribution >= 0.6 is 24.0 Å². The maximum atomic E-state index is 12.1. The molecule has 10 heteroatoms. The summed E-state index contributed by atoms with van der Waals surface area (Å²) in [7, 11) is 1.52. The van der Waals surface area contributed by atoms with Gasteiger partial charge in [0, 0.05) is 30.7 Å². The lowest BCUT2D eigenvalue weighted by atomic mass is 10.1. The van der Waals surface area contributed by atoms with Crippen molar-refractivity contribution in [3.8, 4) is 0 Å². The highest BCUT2D eigenvalue weighted by Crippen LogP contribution is 2.23. The fourth-order valence-electron chi connectivity index (χ4n) is 1.86. The molecule has 1 rings (SSSR count). The average molecular weight is 393 g/mol. The molecule has 25 heavy (non-hydrogen) atoms. The number of nitro benzene ring substituents is 1. The van der Waals surface area contributed by atoms with Crippen molar-refractivity contribution in [2.24, 2.45) is 11.7 Å². The summed E-state index contributed by atoms with van der Waals surface area (Å²) in [5.74, 6) is -0.802. The number of halogens is 2. The second-order valence-electron chi connectivity index (χ2n) is 5.77. The Balaban J connectivity index is 0.00000576. The van der Waals surface area contributed by atoms with Gasteiger partial charge in [0.25, 0.3) is 5.69 Å². The summed E-state index contributed by atoms with van der Waals surface area (Å²) in [5, 5.41) is 13.6. The first-order valence-corrected chi connectivity index (χ1v) is 7.71. The van der Waals surface area contributed by atoms with E-state index in [1.807, 2.05) is 13.8 Å². The second-order valence-corrected chi connectivity index (χ2v) is 6.18. The van der Waals surface area contributed by atoms with Crippen LogP contribution in [0.3, 0.4) is 0 Å². The SMILES string of the molecule is CC(C)[C@H](N)C(=O)NCC(=O)N(C)Cc1cc([N+](=O)[O-])ccc1Cl.Cl. The number of nitrogens with one attached hydrogen (secondary N) is 1. The molecule has 0 aromatic heterocycles. The Kier molecular flexibility index (Phi) is 9.40. The zero-order chi connectivity index (χ0) is 18.4.